The van der Waals surface area contributed by atoms with Crippen LogP contribution in [0.2, 0.25) is 0 Å². The van der Waals surface area contributed by atoms with Crippen LogP contribution in [0.25, 0.3) is 0 Å². The largest absolute Gasteiger partial charge is 0.468 e. The smallest absolute Gasteiger partial charge is 0.323 e. The summed E-state index contributed by atoms with van der Waals surface area (Å²) < 4.78 is 6.97. The molecule has 3 rings (SSSR count). The maximum atomic E-state index is 12.1. The molecule has 1 saturated heterocycles. The summed E-state index contributed by atoms with van der Waals surface area (Å²) in [6.45, 7) is 4.77. The molecule has 20 heavy (non-hydrogen) atoms. The first kappa shape index (κ1) is 13.6. The van der Waals surface area contributed by atoms with Crippen molar-refractivity contribution in [3.8, 4) is 0 Å². The highest BCUT2D eigenvalue weighted by atomic mass is 16.5. The maximum Gasteiger partial charge on any atom is 0.323 e. The van der Waals surface area contributed by atoms with Gasteiger partial charge >= 0.3 is 5.97 Å². The third kappa shape index (κ3) is 2.35. The van der Waals surface area contributed by atoms with E-state index < -0.39 is 0 Å². The number of ether oxygens (including phenoxy) is 1. The molecular formula is C15H23N3O2. The monoisotopic (exact) mass is 277 g/mol. The molecule has 0 unspecified atom stereocenters. The lowest BCUT2D eigenvalue weighted by Gasteiger charge is -2.24. The van der Waals surface area contributed by atoms with Crippen molar-refractivity contribution in [3.63, 3.8) is 0 Å². The number of hydrogen-bond donors (Lipinski definition) is 0. The number of esters is 1. The molecule has 0 radical (unpaired) electrons. The Hall–Kier alpha value is -1.36. The van der Waals surface area contributed by atoms with Gasteiger partial charge in [-0.25, -0.2) is 0 Å². The quantitative estimate of drug-likeness (QED) is 0.786. The highest BCUT2D eigenvalue weighted by molar-refractivity contribution is 5.76. The van der Waals surface area contributed by atoms with Gasteiger partial charge in [-0.05, 0) is 31.6 Å². The number of rotatable bonds is 4. The number of carbonyl (C=O) groups excluding carboxylic acids is 1. The normalized spacial score (nSPS) is 29.6. The minimum atomic E-state index is -0.0673. The predicted molar refractivity (Wildman–Crippen MR) is 74.9 cm³/mol. The molecule has 2 heterocycles. The summed E-state index contributed by atoms with van der Waals surface area (Å²) in [5.74, 6) is 1.09. The first-order valence-electron chi connectivity index (χ1n) is 7.56. The number of hydrogen-bond acceptors (Lipinski definition) is 4. The molecule has 1 aliphatic carbocycles. The van der Waals surface area contributed by atoms with Gasteiger partial charge in [0.05, 0.1) is 13.3 Å². The average molecular weight is 277 g/mol. The molecule has 0 bridgehead atoms. The van der Waals surface area contributed by atoms with Crippen molar-refractivity contribution < 1.29 is 9.53 Å². The molecule has 5 heteroatoms. The summed E-state index contributed by atoms with van der Waals surface area (Å²) in [6.07, 6.45) is 7.65. The van der Waals surface area contributed by atoms with E-state index in [1.54, 1.807) is 0 Å². The van der Waals surface area contributed by atoms with Crippen LogP contribution < -0.4 is 0 Å². The SMILES string of the molecule is CCn1cc(CN2C[C@@H]3CCC[C@@H]3[C@H]2C(=O)OC)cn1. The van der Waals surface area contributed by atoms with Crippen LogP contribution in [0.1, 0.15) is 31.7 Å². The van der Waals surface area contributed by atoms with Gasteiger partial charge in [0.25, 0.3) is 0 Å². The fraction of sp³-hybridized carbons (Fsp3) is 0.733. The molecule has 1 saturated carbocycles. The Morgan fingerprint density at radius 1 is 1.50 bits per heavy atom. The van der Waals surface area contributed by atoms with Gasteiger partial charge in [-0.1, -0.05) is 6.42 Å². The Morgan fingerprint density at radius 2 is 2.35 bits per heavy atom. The van der Waals surface area contributed by atoms with Crippen molar-refractivity contribution in [1.82, 2.24) is 14.7 Å². The van der Waals surface area contributed by atoms with E-state index in [0.29, 0.717) is 11.8 Å². The summed E-state index contributed by atoms with van der Waals surface area (Å²) in [5, 5.41) is 4.31. The summed E-state index contributed by atoms with van der Waals surface area (Å²) >= 11 is 0. The minimum Gasteiger partial charge on any atom is -0.468 e. The summed E-state index contributed by atoms with van der Waals surface area (Å²) in [6, 6.07) is -0.0579. The van der Waals surface area contributed by atoms with E-state index in [2.05, 4.69) is 23.1 Å². The van der Waals surface area contributed by atoms with Crippen LogP contribution in [-0.2, 0) is 22.6 Å². The molecule has 0 aromatic carbocycles. The molecule has 0 spiro atoms. The molecule has 1 aromatic rings. The van der Waals surface area contributed by atoms with E-state index in [9.17, 15) is 4.79 Å². The molecule has 5 nitrogen and oxygen atoms in total. The van der Waals surface area contributed by atoms with Gasteiger partial charge in [0, 0.05) is 31.4 Å². The Kier molecular flexibility index (Phi) is 3.78. The number of carbonyl (C=O) groups is 1. The van der Waals surface area contributed by atoms with E-state index in [1.165, 1.54) is 25.5 Å². The third-order valence-corrected chi connectivity index (χ3v) is 4.82. The lowest BCUT2D eigenvalue weighted by atomic mass is 9.94. The predicted octanol–water partition coefficient (Wildman–Crippen LogP) is 1.68. The maximum absolute atomic E-state index is 12.1. The van der Waals surface area contributed by atoms with Crippen molar-refractivity contribution in [2.24, 2.45) is 11.8 Å². The first-order chi connectivity index (χ1) is 9.72. The van der Waals surface area contributed by atoms with Crippen molar-refractivity contribution in [2.45, 2.75) is 45.3 Å². The zero-order valence-corrected chi connectivity index (χ0v) is 12.3. The fourth-order valence-corrected chi connectivity index (χ4v) is 3.90. The van der Waals surface area contributed by atoms with Gasteiger partial charge < -0.3 is 4.74 Å². The number of nitrogens with zero attached hydrogens (tertiary/aromatic N) is 3. The molecule has 1 aromatic heterocycles. The molecule has 2 fully saturated rings. The zero-order valence-electron chi connectivity index (χ0n) is 12.3. The van der Waals surface area contributed by atoms with E-state index in [4.69, 9.17) is 4.74 Å². The second-order valence-corrected chi connectivity index (χ2v) is 5.96. The van der Waals surface area contributed by atoms with Gasteiger partial charge in [0.15, 0.2) is 0 Å². The average Bonchev–Trinajstić information content (AvgIpc) is 3.13. The first-order valence-corrected chi connectivity index (χ1v) is 7.56. The van der Waals surface area contributed by atoms with Crippen LogP contribution in [0.3, 0.4) is 0 Å². The van der Waals surface area contributed by atoms with Crippen LogP contribution in [0.5, 0.6) is 0 Å². The standard InChI is InChI=1S/C15H23N3O2/c1-3-18-9-11(7-16-18)8-17-10-12-5-4-6-13(12)14(17)15(19)20-2/h7,9,12-14H,3-6,8,10H2,1-2H3/t12-,13-,14-/m0/s1. The van der Waals surface area contributed by atoms with E-state index in [0.717, 1.165) is 26.1 Å². The van der Waals surface area contributed by atoms with Crippen molar-refractivity contribution >= 4 is 5.97 Å². The van der Waals surface area contributed by atoms with E-state index >= 15 is 0 Å². The lowest BCUT2D eigenvalue weighted by molar-refractivity contribution is -0.147. The number of aromatic nitrogens is 2. The second-order valence-electron chi connectivity index (χ2n) is 5.96. The van der Waals surface area contributed by atoms with Crippen LogP contribution in [0.4, 0.5) is 0 Å². The van der Waals surface area contributed by atoms with E-state index in [-0.39, 0.29) is 12.0 Å². The van der Waals surface area contributed by atoms with Gasteiger partial charge in [0.2, 0.25) is 0 Å². The zero-order chi connectivity index (χ0) is 14.1. The molecule has 0 N–H and O–H groups in total. The summed E-state index contributed by atoms with van der Waals surface area (Å²) in [7, 11) is 1.50. The molecular weight excluding hydrogens is 254 g/mol. The Morgan fingerprint density at radius 3 is 3.05 bits per heavy atom. The van der Waals surface area contributed by atoms with E-state index in [1.807, 2.05) is 10.9 Å². The molecule has 2 aliphatic rings. The topological polar surface area (TPSA) is 47.4 Å². The van der Waals surface area contributed by atoms with Gasteiger partial charge in [-0.3, -0.25) is 14.4 Å². The van der Waals surface area contributed by atoms with Crippen molar-refractivity contribution in [3.05, 3.63) is 18.0 Å². The van der Waals surface area contributed by atoms with Crippen LogP contribution in [0.15, 0.2) is 12.4 Å². The molecule has 0 amide bonds. The second kappa shape index (κ2) is 5.56. The van der Waals surface area contributed by atoms with Crippen LogP contribution in [-0.4, -0.2) is 40.3 Å². The summed E-state index contributed by atoms with van der Waals surface area (Å²) in [5.41, 5.74) is 1.18. The summed E-state index contributed by atoms with van der Waals surface area (Å²) in [4.78, 5) is 14.4. The third-order valence-electron chi connectivity index (χ3n) is 4.82. The number of likely N-dealkylation sites (tertiary alicyclic amines) is 1. The number of fused-ring (bicyclic) bond motifs is 1. The van der Waals surface area contributed by atoms with Crippen LogP contribution >= 0.6 is 0 Å². The molecule has 1 aliphatic heterocycles. The highest BCUT2D eigenvalue weighted by Crippen LogP contribution is 2.43. The Balaban J connectivity index is 1.75. The lowest BCUT2D eigenvalue weighted by Crippen LogP contribution is -2.39. The van der Waals surface area contributed by atoms with Crippen molar-refractivity contribution in [1.29, 1.82) is 0 Å². The molecule has 3 atom stereocenters. The fourth-order valence-electron chi connectivity index (χ4n) is 3.90. The Bertz CT molecular complexity index is 485. The molecule has 110 valence electrons. The number of aryl methyl sites for hydroxylation is 1. The van der Waals surface area contributed by atoms with Crippen molar-refractivity contribution in [2.75, 3.05) is 13.7 Å². The highest BCUT2D eigenvalue weighted by Gasteiger charge is 2.47. The van der Waals surface area contributed by atoms with Gasteiger partial charge in [-0.2, -0.15) is 5.10 Å². The van der Waals surface area contributed by atoms with Gasteiger partial charge in [-0.15, -0.1) is 0 Å². The Labute approximate surface area is 119 Å². The number of methoxy groups -OCH3 is 1. The van der Waals surface area contributed by atoms with Crippen LogP contribution in [0, 0.1) is 11.8 Å². The van der Waals surface area contributed by atoms with Gasteiger partial charge in [0.1, 0.15) is 6.04 Å². The minimum absolute atomic E-state index is 0.0579.